The third kappa shape index (κ3) is 52.6. The highest BCUT2D eigenvalue weighted by Crippen LogP contribution is 2.16. The summed E-state index contributed by atoms with van der Waals surface area (Å²) in [7, 11) is 5.96. The first kappa shape index (κ1) is 66.7. The molecule has 0 fully saturated rings. The lowest BCUT2D eigenvalue weighted by Crippen LogP contribution is -2.40. The van der Waals surface area contributed by atoms with E-state index >= 15 is 0 Å². The third-order valence-electron chi connectivity index (χ3n) is 12.2. The Kier molecular flexibility index (Phi) is 49.6. The van der Waals surface area contributed by atoms with Gasteiger partial charge in [-0.25, -0.2) is 4.79 Å². The molecule has 0 heterocycles. The van der Waals surface area contributed by atoms with Crippen LogP contribution in [0.5, 0.6) is 0 Å². The number of carbonyl (C=O) groups excluding carboxylic acids is 2. The fourth-order valence-electron chi connectivity index (χ4n) is 7.84. The number of ether oxygens (including phenoxy) is 4. The lowest BCUT2D eigenvalue weighted by atomic mass is 10.0. The van der Waals surface area contributed by atoms with Crippen molar-refractivity contribution in [3.63, 3.8) is 0 Å². The Labute approximate surface area is 430 Å². The van der Waals surface area contributed by atoms with E-state index in [4.69, 9.17) is 18.9 Å². The molecule has 0 spiro atoms. The fourth-order valence-corrected chi connectivity index (χ4v) is 7.84. The predicted octanol–water partition coefficient (Wildman–Crippen LogP) is 16.6. The van der Waals surface area contributed by atoms with E-state index in [0.29, 0.717) is 23.9 Å². The van der Waals surface area contributed by atoms with Gasteiger partial charge >= 0.3 is 17.9 Å². The van der Waals surface area contributed by atoms with Crippen molar-refractivity contribution in [2.24, 2.45) is 0 Å². The topological polar surface area (TPSA) is 108 Å². The second-order valence-corrected chi connectivity index (χ2v) is 20.2. The quantitative estimate of drug-likeness (QED) is 0.0211. The first-order valence-corrected chi connectivity index (χ1v) is 28.6. The van der Waals surface area contributed by atoms with Crippen LogP contribution >= 0.6 is 0 Å². The maximum Gasteiger partial charge on any atom is 0.361 e. The molecule has 0 radical (unpaired) electrons. The molecule has 2 unspecified atom stereocenters. The summed E-state index contributed by atoms with van der Waals surface area (Å²) in [6, 6.07) is 0. The van der Waals surface area contributed by atoms with Crippen molar-refractivity contribution in [1.82, 2.24) is 0 Å². The Balaban J connectivity index is 4.31. The van der Waals surface area contributed by atoms with E-state index in [-0.39, 0.29) is 32.2 Å². The van der Waals surface area contributed by atoms with Crippen LogP contribution in [-0.2, 0) is 33.3 Å². The molecule has 0 aliphatic carbocycles. The van der Waals surface area contributed by atoms with Crippen LogP contribution in [-0.4, -0.2) is 87.4 Å². The highest BCUT2D eigenvalue weighted by Gasteiger charge is 2.25. The molecule has 0 aromatic rings. The van der Waals surface area contributed by atoms with Crippen LogP contribution in [0.1, 0.15) is 239 Å². The minimum Gasteiger partial charge on any atom is -0.477 e. The van der Waals surface area contributed by atoms with E-state index < -0.39 is 24.3 Å². The number of nitrogens with zero attached hydrogens (tertiary/aromatic N) is 1. The largest absolute Gasteiger partial charge is 0.477 e. The first-order chi connectivity index (χ1) is 34.1. The van der Waals surface area contributed by atoms with Gasteiger partial charge in [0.25, 0.3) is 6.29 Å². The Morgan fingerprint density at radius 2 is 0.814 bits per heavy atom. The monoisotopic (exact) mass is 983 g/mol. The molecule has 0 saturated carbocycles. The molecule has 9 heteroatoms. The molecule has 0 bridgehead atoms. The average molecular weight is 984 g/mol. The molecular weight excluding hydrogens is 875 g/mol. The number of likely N-dealkylation sites (N-methyl/N-ethyl adjacent to an activating group) is 1. The lowest BCUT2D eigenvalue weighted by Gasteiger charge is -2.25. The molecule has 0 rings (SSSR count). The molecule has 0 amide bonds. The van der Waals surface area contributed by atoms with Crippen LogP contribution in [0.2, 0.25) is 0 Å². The SMILES string of the molecule is CC/C=C\C/C=C\C/C=C\C/C=C\C/C=C\C/C=C\CCCCCCCCC(=O)OC(COC(=O)CCCCCCCCCCCCCCCCCCCCCC)COC(OCC[N+](C)(C)C)C(=O)O. The number of carboxylic acid groups (broad SMARTS) is 1. The molecular formula is C61H108NO8+. The van der Waals surface area contributed by atoms with E-state index in [1.165, 1.54) is 109 Å². The summed E-state index contributed by atoms with van der Waals surface area (Å²) in [5.74, 6) is -2.02. The zero-order valence-electron chi connectivity index (χ0n) is 45.9. The lowest BCUT2D eigenvalue weighted by molar-refractivity contribution is -0.870. The number of rotatable bonds is 52. The number of quaternary nitrogens is 1. The van der Waals surface area contributed by atoms with Gasteiger partial charge in [0.15, 0.2) is 6.10 Å². The average Bonchev–Trinajstić information content (AvgIpc) is 3.33. The van der Waals surface area contributed by atoms with E-state index in [0.717, 1.165) is 96.3 Å². The highest BCUT2D eigenvalue weighted by atomic mass is 16.7. The van der Waals surface area contributed by atoms with E-state index in [9.17, 15) is 19.5 Å². The third-order valence-corrected chi connectivity index (χ3v) is 12.2. The number of hydrogen-bond donors (Lipinski definition) is 1. The summed E-state index contributed by atoms with van der Waals surface area (Å²) >= 11 is 0. The zero-order valence-corrected chi connectivity index (χ0v) is 45.9. The molecule has 0 aliphatic heterocycles. The number of hydrogen-bond acceptors (Lipinski definition) is 7. The van der Waals surface area contributed by atoms with Gasteiger partial charge in [-0.05, 0) is 64.2 Å². The molecule has 0 aromatic carbocycles. The summed E-state index contributed by atoms with van der Waals surface area (Å²) in [5.41, 5.74) is 0. The summed E-state index contributed by atoms with van der Waals surface area (Å²) in [6.07, 6.45) is 64.0. The maximum atomic E-state index is 12.9. The van der Waals surface area contributed by atoms with Crippen molar-refractivity contribution >= 4 is 17.9 Å². The van der Waals surface area contributed by atoms with E-state index in [1.54, 1.807) is 0 Å². The number of unbranched alkanes of at least 4 members (excludes halogenated alkanes) is 25. The van der Waals surface area contributed by atoms with Crippen LogP contribution < -0.4 is 0 Å². The van der Waals surface area contributed by atoms with Crippen molar-refractivity contribution < 1.29 is 42.9 Å². The summed E-state index contributed by atoms with van der Waals surface area (Å²) < 4.78 is 22.9. The smallest absolute Gasteiger partial charge is 0.361 e. The number of allylic oxidation sites excluding steroid dienone is 12. The summed E-state index contributed by atoms with van der Waals surface area (Å²) in [6.45, 7) is 4.76. The van der Waals surface area contributed by atoms with Gasteiger partial charge in [-0.2, -0.15) is 0 Å². The van der Waals surface area contributed by atoms with Gasteiger partial charge in [0, 0.05) is 12.8 Å². The van der Waals surface area contributed by atoms with Gasteiger partial charge in [0.1, 0.15) is 13.2 Å². The maximum absolute atomic E-state index is 12.9. The molecule has 2 atom stereocenters. The number of esters is 2. The van der Waals surface area contributed by atoms with Gasteiger partial charge in [0.05, 0.1) is 34.4 Å². The van der Waals surface area contributed by atoms with E-state index in [1.807, 2.05) is 21.1 Å². The first-order valence-electron chi connectivity index (χ1n) is 28.6. The van der Waals surface area contributed by atoms with Gasteiger partial charge in [-0.1, -0.05) is 234 Å². The van der Waals surface area contributed by atoms with Crippen LogP contribution in [0.15, 0.2) is 72.9 Å². The Morgan fingerprint density at radius 1 is 0.443 bits per heavy atom. The second-order valence-electron chi connectivity index (χ2n) is 20.2. The van der Waals surface area contributed by atoms with Crippen molar-refractivity contribution in [3.05, 3.63) is 72.9 Å². The van der Waals surface area contributed by atoms with Crippen molar-refractivity contribution in [2.75, 3.05) is 47.5 Å². The Morgan fingerprint density at radius 3 is 1.21 bits per heavy atom. The predicted molar refractivity (Wildman–Crippen MR) is 295 cm³/mol. The molecule has 0 aromatic heterocycles. The Hall–Kier alpha value is -3.27. The van der Waals surface area contributed by atoms with E-state index in [2.05, 4.69) is 86.8 Å². The summed E-state index contributed by atoms with van der Waals surface area (Å²) in [5, 5.41) is 9.70. The van der Waals surface area contributed by atoms with Crippen molar-refractivity contribution in [3.8, 4) is 0 Å². The fraction of sp³-hybridized carbons (Fsp3) is 0.754. The number of carboxylic acids is 1. The van der Waals surface area contributed by atoms with Crippen LogP contribution in [0, 0.1) is 0 Å². The minimum atomic E-state index is -1.52. The summed E-state index contributed by atoms with van der Waals surface area (Å²) in [4.78, 5) is 37.4. The second kappa shape index (κ2) is 52.1. The highest BCUT2D eigenvalue weighted by molar-refractivity contribution is 5.71. The van der Waals surface area contributed by atoms with Crippen LogP contribution in [0.25, 0.3) is 0 Å². The standard InChI is InChI=1S/C61H107NO8/c1-6-8-10-12-14-16-18-20-22-24-26-28-29-30-31-32-34-36-38-40-42-44-46-48-50-52-59(64)70-57(56-69-61(60(65)66)67-54-53-62(3,4)5)55-68-58(63)51-49-47-45-43-41-39-37-35-33-27-25-23-21-19-17-15-13-11-9-7-2/h8,10,14,16,20,22,26,28,30-31,34,36,57,61H,6-7,9,11-13,15,17-19,21,23-25,27,29,32-33,35,37-56H2,1-5H3/p+1/b10-8-,16-14-,22-20-,28-26-,31-30-,36-34-. The molecule has 1 N–H and O–H groups in total. The molecule has 70 heavy (non-hydrogen) atoms. The molecule has 9 nitrogen and oxygen atoms in total. The number of aliphatic carboxylic acids is 1. The molecule has 0 saturated heterocycles. The zero-order chi connectivity index (χ0) is 51.3. The number of carbonyl (C=O) groups is 3. The van der Waals surface area contributed by atoms with Gasteiger partial charge in [0.2, 0.25) is 0 Å². The van der Waals surface area contributed by atoms with Gasteiger partial charge in [-0.15, -0.1) is 0 Å². The minimum absolute atomic E-state index is 0.182. The Bertz CT molecular complexity index is 1380. The van der Waals surface area contributed by atoms with Crippen LogP contribution in [0.3, 0.4) is 0 Å². The molecule has 404 valence electrons. The molecule has 0 aliphatic rings. The van der Waals surface area contributed by atoms with Crippen molar-refractivity contribution in [2.45, 2.75) is 251 Å². The normalized spacial score (nSPS) is 13.3. The van der Waals surface area contributed by atoms with Gasteiger partial charge in [-0.3, -0.25) is 9.59 Å². The van der Waals surface area contributed by atoms with Crippen molar-refractivity contribution in [1.29, 1.82) is 0 Å². The van der Waals surface area contributed by atoms with Crippen LogP contribution in [0.4, 0.5) is 0 Å². The van der Waals surface area contributed by atoms with Gasteiger partial charge < -0.3 is 28.5 Å².